The first kappa shape index (κ1) is 14.5. The van der Waals surface area contributed by atoms with Gasteiger partial charge in [0.1, 0.15) is 5.75 Å². The van der Waals surface area contributed by atoms with Gasteiger partial charge in [0.2, 0.25) is 0 Å². The van der Waals surface area contributed by atoms with E-state index in [0.717, 1.165) is 22.0 Å². The Bertz CT molecular complexity index is 611. The zero-order valence-electron chi connectivity index (χ0n) is 9.07. The van der Waals surface area contributed by atoms with Gasteiger partial charge in [0.05, 0.1) is 9.26 Å². The molecule has 2 rings (SSSR count). The molecule has 0 saturated carbocycles. The average Bonchev–Trinajstić information content (AvgIpc) is 2.33. The van der Waals surface area contributed by atoms with Crippen LogP contribution in [0.15, 0.2) is 41.4 Å². The maximum Gasteiger partial charge on any atom is 0.137 e. The first-order valence-electron chi connectivity index (χ1n) is 5.04. The van der Waals surface area contributed by atoms with Crippen LogP contribution < -0.4 is 0 Å². The number of aliphatic imine (C=N–C) groups is 1. The Balaban J connectivity index is 2.38. The Labute approximate surface area is 146 Å². The third-order valence-corrected chi connectivity index (χ3v) is 4.61. The van der Waals surface area contributed by atoms with Gasteiger partial charge in [0, 0.05) is 18.9 Å². The van der Waals surface area contributed by atoms with Crippen LogP contribution >= 0.6 is 67.8 Å². The van der Waals surface area contributed by atoms with E-state index in [1.54, 1.807) is 6.21 Å². The highest BCUT2D eigenvalue weighted by Crippen LogP contribution is 2.27. The number of hydrogen-bond acceptors (Lipinski definition) is 2. The minimum absolute atomic E-state index is 0.283. The second kappa shape index (κ2) is 6.51. The van der Waals surface area contributed by atoms with Gasteiger partial charge in [-0.3, -0.25) is 4.99 Å². The van der Waals surface area contributed by atoms with Crippen molar-refractivity contribution in [3.05, 3.63) is 52.7 Å². The van der Waals surface area contributed by atoms with Gasteiger partial charge < -0.3 is 5.11 Å². The number of nitrogens with zero attached hydrogens (tertiary/aromatic N) is 1. The van der Waals surface area contributed by atoms with Crippen LogP contribution in [0.2, 0.25) is 0 Å². The lowest BCUT2D eigenvalue weighted by atomic mass is 10.2. The van der Waals surface area contributed by atoms with E-state index in [2.05, 4.69) is 72.8 Å². The summed E-state index contributed by atoms with van der Waals surface area (Å²) in [6.07, 6.45) is 1.71. The fraction of sp³-hybridized carbons (Fsp3) is 0. The van der Waals surface area contributed by atoms with E-state index in [9.17, 15) is 5.11 Å². The Morgan fingerprint density at radius 1 is 1.00 bits per heavy atom. The highest BCUT2D eigenvalue weighted by Gasteiger charge is 2.05. The van der Waals surface area contributed by atoms with Gasteiger partial charge in [-0.1, -0.05) is 12.1 Å². The standard InChI is InChI=1S/C13H8I3NO/c14-9-5-8(13(18)11(16)6-9)7-17-12-4-2-1-3-10(12)15/h1-7,18H. The Kier molecular flexibility index (Phi) is 5.24. The largest absolute Gasteiger partial charge is 0.506 e. The summed E-state index contributed by atoms with van der Waals surface area (Å²) in [4.78, 5) is 4.42. The predicted molar refractivity (Wildman–Crippen MR) is 100.0 cm³/mol. The minimum Gasteiger partial charge on any atom is -0.506 e. The van der Waals surface area contributed by atoms with Crippen LogP contribution in [0.1, 0.15) is 5.56 Å². The molecule has 0 radical (unpaired) electrons. The van der Waals surface area contributed by atoms with Crippen LogP contribution in [0.25, 0.3) is 0 Å². The molecule has 5 heteroatoms. The van der Waals surface area contributed by atoms with Crippen molar-refractivity contribution in [3.8, 4) is 5.75 Å². The molecule has 0 amide bonds. The van der Waals surface area contributed by atoms with Crippen molar-refractivity contribution >= 4 is 79.7 Å². The lowest BCUT2D eigenvalue weighted by molar-refractivity contribution is 0.470. The number of phenolic OH excluding ortho intramolecular Hbond substituents is 1. The maximum absolute atomic E-state index is 9.97. The van der Waals surface area contributed by atoms with Crippen LogP contribution in [0.3, 0.4) is 0 Å². The van der Waals surface area contributed by atoms with Crippen molar-refractivity contribution in [2.75, 3.05) is 0 Å². The summed E-state index contributed by atoms with van der Waals surface area (Å²) in [5.41, 5.74) is 1.65. The number of aromatic hydroxyl groups is 1. The van der Waals surface area contributed by atoms with Gasteiger partial charge in [0.25, 0.3) is 0 Å². The molecule has 18 heavy (non-hydrogen) atoms. The molecule has 0 heterocycles. The highest BCUT2D eigenvalue weighted by atomic mass is 127. The summed E-state index contributed by atoms with van der Waals surface area (Å²) in [5.74, 6) is 0.283. The molecule has 0 fully saturated rings. The van der Waals surface area contributed by atoms with E-state index < -0.39 is 0 Å². The molecule has 0 aliphatic rings. The van der Waals surface area contributed by atoms with E-state index in [4.69, 9.17) is 0 Å². The molecule has 0 aromatic heterocycles. The molecule has 0 aliphatic heterocycles. The van der Waals surface area contributed by atoms with Crippen LogP contribution in [0.4, 0.5) is 5.69 Å². The van der Waals surface area contributed by atoms with E-state index in [1.165, 1.54) is 0 Å². The predicted octanol–water partition coefficient (Wildman–Crippen LogP) is 4.96. The zero-order valence-corrected chi connectivity index (χ0v) is 15.5. The van der Waals surface area contributed by atoms with Gasteiger partial charge in [0.15, 0.2) is 0 Å². The lowest BCUT2D eigenvalue weighted by Gasteiger charge is -2.03. The molecule has 2 aromatic carbocycles. The van der Waals surface area contributed by atoms with Gasteiger partial charge >= 0.3 is 0 Å². The van der Waals surface area contributed by atoms with E-state index >= 15 is 0 Å². The quantitative estimate of drug-likeness (QED) is 0.399. The van der Waals surface area contributed by atoms with E-state index in [0.29, 0.717) is 0 Å². The number of halogens is 3. The summed E-state index contributed by atoms with van der Waals surface area (Å²) >= 11 is 6.59. The summed E-state index contributed by atoms with van der Waals surface area (Å²) < 4.78 is 3.01. The molecule has 92 valence electrons. The fourth-order valence-electron chi connectivity index (χ4n) is 1.38. The summed E-state index contributed by atoms with van der Waals surface area (Å²) in [6, 6.07) is 11.7. The van der Waals surface area contributed by atoms with Gasteiger partial charge in [-0.2, -0.15) is 0 Å². The molecule has 0 aliphatic carbocycles. The molecule has 0 spiro atoms. The Morgan fingerprint density at radius 3 is 2.44 bits per heavy atom. The normalized spacial score (nSPS) is 11.1. The number of benzene rings is 2. The molecule has 2 aromatic rings. The molecular weight excluding hydrogens is 567 g/mol. The number of rotatable bonds is 2. The molecular formula is C13H8I3NO. The maximum atomic E-state index is 9.97. The summed E-state index contributed by atoms with van der Waals surface area (Å²) in [7, 11) is 0. The lowest BCUT2D eigenvalue weighted by Crippen LogP contribution is -1.88. The van der Waals surface area contributed by atoms with Gasteiger partial charge in [-0.05, 0) is 92.0 Å². The monoisotopic (exact) mass is 575 g/mol. The van der Waals surface area contributed by atoms with E-state index in [1.807, 2.05) is 36.4 Å². The van der Waals surface area contributed by atoms with Gasteiger partial charge in [-0.25, -0.2) is 0 Å². The van der Waals surface area contributed by atoms with Crippen molar-refractivity contribution in [1.29, 1.82) is 0 Å². The second-order valence-electron chi connectivity index (χ2n) is 3.54. The molecule has 0 unspecified atom stereocenters. The summed E-state index contributed by atoms with van der Waals surface area (Å²) in [6.45, 7) is 0. The van der Waals surface area contributed by atoms with Crippen LogP contribution in [0.5, 0.6) is 5.75 Å². The fourth-order valence-corrected chi connectivity index (χ4v) is 3.80. The number of para-hydroxylation sites is 1. The van der Waals surface area contributed by atoms with Crippen molar-refractivity contribution < 1.29 is 5.11 Å². The van der Waals surface area contributed by atoms with E-state index in [-0.39, 0.29) is 5.75 Å². The Hall–Kier alpha value is 0.100. The molecule has 0 bridgehead atoms. The molecule has 0 atom stereocenters. The average molecular weight is 575 g/mol. The third kappa shape index (κ3) is 3.56. The molecule has 2 nitrogen and oxygen atoms in total. The zero-order chi connectivity index (χ0) is 13.1. The minimum atomic E-state index is 0.283. The first-order valence-corrected chi connectivity index (χ1v) is 8.28. The van der Waals surface area contributed by atoms with Gasteiger partial charge in [-0.15, -0.1) is 0 Å². The molecule has 0 saturated heterocycles. The number of hydrogen-bond donors (Lipinski definition) is 1. The number of phenols is 1. The van der Waals surface area contributed by atoms with Crippen molar-refractivity contribution in [3.63, 3.8) is 0 Å². The van der Waals surface area contributed by atoms with Crippen LogP contribution in [0, 0.1) is 10.7 Å². The SMILES string of the molecule is Oc1c(I)cc(I)cc1C=Nc1ccccc1I. The van der Waals surface area contributed by atoms with Crippen molar-refractivity contribution in [2.45, 2.75) is 0 Å². The van der Waals surface area contributed by atoms with Crippen molar-refractivity contribution in [2.24, 2.45) is 4.99 Å². The van der Waals surface area contributed by atoms with Crippen LogP contribution in [-0.2, 0) is 0 Å². The smallest absolute Gasteiger partial charge is 0.137 e. The Morgan fingerprint density at radius 2 is 1.72 bits per heavy atom. The molecule has 1 N–H and O–H groups in total. The highest BCUT2D eigenvalue weighted by molar-refractivity contribution is 14.1. The van der Waals surface area contributed by atoms with Crippen LogP contribution in [-0.4, -0.2) is 11.3 Å². The summed E-state index contributed by atoms with van der Waals surface area (Å²) in [5, 5.41) is 9.97. The topological polar surface area (TPSA) is 32.6 Å². The van der Waals surface area contributed by atoms with Crippen molar-refractivity contribution in [1.82, 2.24) is 0 Å². The third-order valence-electron chi connectivity index (χ3n) is 2.25. The second-order valence-corrected chi connectivity index (χ2v) is 7.11. The first-order chi connectivity index (χ1) is 8.58.